The lowest BCUT2D eigenvalue weighted by molar-refractivity contribution is -0.123. The highest BCUT2D eigenvalue weighted by molar-refractivity contribution is 8.18. The quantitative estimate of drug-likeness (QED) is 0.302. The lowest BCUT2D eigenvalue weighted by Crippen LogP contribution is -2.28. The number of imide groups is 1. The number of hydrogen-bond donors (Lipinski definition) is 1. The van der Waals surface area contributed by atoms with E-state index in [0.717, 1.165) is 4.90 Å². The average molecular weight is 561 g/mol. The number of rotatable bonds is 7. The largest absolute Gasteiger partial charge is 0.379 e. The Kier molecular flexibility index (Phi) is 7.67. The molecule has 0 saturated carbocycles. The molecule has 3 aromatic carbocycles. The van der Waals surface area contributed by atoms with Gasteiger partial charge in [-0.3, -0.25) is 19.3 Å². The van der Waals surface area contributed by atoms with Crippen molar-refractivity contribution in [1.82, 2.24) is 4.90 Å². The monoisotopic (exact) mass is 560 g/mol. The Morgan fingerprint density at radius 2 is 1.76 bits per heavy atom. The number of hydrogen-bond acceptors (Lipinski definition) is 7. The third-order valence-corrected chi connectivity index (χ3v) is 7.62. The van der Waals surface area contributed by atoms with Crippen LogP contribution in [0.25, 0.3) is 6.08 Å². The van der Waals surface area contributed by atoms with Crippen molar-refractivity contribution in [2.45, 2.75) is 18.4 Å². The summed E-state index contributed by atoms with van der Waals surface area (Å²) in [6, 6.07) is 15.4. The number of amides is 3. The average Bonchev–Trinajstić information content (AvgIpc) is 3.09. The molecule has 37 heavy (non-hydrogen) atoms. The van der Waals surface area contributed by atoms with Crippen molar-refractivity contribution < 1.29 is 31.4 Å². The van der Waals surface area contributed by atoms with E-state index in [0.29, 0.717) is 23.0 Å². The first-order valence-corrected chi connectivity index (χ1v) is 13.2. The molecule has 0 radical (unpaired) electrons. The fraction of sp³-hybridized carbons (Fsp3) is 0.0800. The fourth-order valence-corrected chi connectivity index (χ4v) is 5.32. The lowest BCUT2D eigenvalue weighted by Gasteiger charge is -2.14. The van der Waals surface area contributed by atoms with Crippen molar-refractivity contribution in [3.63, 3.8) is 0 Å². The van der Waals surface area contributed by atoms with E-state index in [2.05, 4.69) is 5.32 Å². The number of carbonyl (C=O) groups excluding carboxylic acids is 3. The Morgan fingerprint density at radius 3 is 2.38 bits per heavy atom. The molecule has 8 nitrogen and oxygen atoms in total. The number of thioether (sulfide) groups is 1. The number of halogens is 2. The van der Waals surface area contributed by atoms with Gasteiger partial charge in [-0.05, 0) is 71.9 Å². The predicted octanol–water partition coefficient (Wildman–Crippen LogP) is 5.44. The molecule has 190 valence electrons. The van der Waals surface area contributed by atoms with E-state index in [1.165, 1.54) is 79.7 Å². The molecule has 0 spiro atoms. The molecule has 1 aliphatic rings. The van der Waals surface area contributed by atoms with Crippen molar-refractivity contribution >= 4 is 62.3 Å². The van der Waals surface area contributed by atoms with Crippen molar-refractivity contribution in [1.29, 1.82) is 0 Å². The Bertz CT molecular complexity index is 1500. The molecule has 1 N–H and O–H groups in total. The Labute approximate surface area is 221 Å². The number of anilines is 1. The summed E-state index contributed by atoms with van der Waals surface area (Å²) in [6.45, 7) is 1.04. The molecule has 0 unspecified atom stereocenters. The minimum atomic E-state index is -4.13. The molecule has 0 aromatic heterocycles. The van der Waals surface area contributed by atoms with Gasteiger partial charge in [0, 0.05) is 23.2 Å². The summed E-state index contributed by atoms with van der Waals surface area (Å²) < 4.78 is 44.4. The van der Waals surface area contributed by atoms with E-state index in [9.17, 15) is 27.2 Å². The van der Waals surface area contributed by atoms with Gasteiger partial charge in [-0.2, -0.15) is 8.42 Å². The lowest BCUT2D eigenvalue weighted by atomic mass is 10.2. The molecule has 1 saturated heterocycles. The van der Waals surface area contributed by atoms with Crippen LogP contribution in [0.1, 0.15) is 18.1 Å². The molecule has 0 bridgehead atoms. The summed E-state index contributed by atoms with van der Waals surface area (Å²) in [5.41, 5.74) is 0.997. The van der Waals surface area contributed by atoms with Crippen LogP contribution in [-0.2, 0) is 26.3 Å². The molecular weight excluding hydrogens is 543 g/mol. The second-order valence-corrected chi connectivity index (χ2v) is 10.7. The maximum atomic E-state index is 14.1. The smallest absolute Gasteiger partial charge is 0.339 e. The Morgan fingerprint density at radius 1 is 1.08 bits per heavy atom. The first kappa shape index (κ1) is 26.4. The molecule has 1 aliphatic heterocycles. The standard InChI is InChI=1S/C25H18ClFN2O6S2/c1-15(30)28-17-7-11-19(12-8-17)37(33,34)35-18-9-5-16(6-10-18)13-23-24(31)29(25(32)36-23)14-20-21(26)3-2-4-22(20)27/h2-13H,14H2,1H3,(H,28,30)/b23-13-. The highest BCUT2D eigenvalue weighted by Gasteiger charge is 2.35. The highest BCUT2D eigenvalue weighted by atomic mass is 35.5. The third-order valence-electron chi connectivity index (χ3n) is 5.10. The van der Waals surface area contributed by atoms with Crippen LogP contribution in [0.15, 0.2) is 76.5 Å². The summed E-state index contributed by atoms with van der Waals surface area (Å²) in [5.74, 6) is -1.47. The molecule has 1 fully saturated rings. The van der Waals surface area contributed by atoms with E-state index in [4.69, 9.17) is 15.8 Å². The second-order valence-electron chi connectivity index (χ2n) is 7.78. The van der Waals surface area contributed by atoms with Crippen LogP contribution in [-0.4, -0.2) is 30.4 Å². The SMILES string of the molecule is CC(=O)Nc1ccc(S(=O)(=O)Oc2ccc(/C=C3\SC(=O)N(Cc4c(F)cccc4Cl)C3=O)cc2)cc1. The van der Waals surface area contributed by atoms with Gasteiger partial charge in [0.2, 0.25) is 5.91 Å². The van der Waals surface area contributed by atoms with E-state index < -0.39 is 27.1 Å². The Balaban J connectivity index is 1.45. The normalized spacial score (nSPS) is 14.8. The maximum absolute atomic E-state index is 14.1. The molecule has 0 aliphatic carbocycles. The second kappa shape index (κ2) is 10.8. The maximum Gasteiger partial charge on any atom is 0.339 e. The topological polar surface area (TPSA) is 110 Å². The molecular formula is C25H18ClFN2O6S2. The minimum absolute atomic E-state index is 0.0328. The van der Waals surface area contributed by atoms with Crippen LogP contribution >= 0.6 is 23.4 Å². The van der Waals surface area contributed by atoms with E-state index in [1.54, 1.807) is 0 Å². The number of nitrogens with zero attached hydrogens (tertiary/aromatic N) is 1. The summed E-state index contributed by atoms with van der Waals surface area (Å²) in [5, 5.41) is 2.09. The van der Waals surface area contributed by atoms with Crippen molar-refractivity contribution in [2.75, 3.05) is 5.32 Å². The van der Waals surface area contributed by atoms with Crippen LogP contribution in [0.4, 0.5) is 14.9 Å². The van der Waals surface area contributed by atoms with E-state index in [-0.39, 0.29) is 38.6 Å². The molecule has 3 aromatic rings. The zero-order valence-electron chi connectivity index (χ0n) is 19.1. The van der Waals surface area contributed by atoms with Gasteiger partial charge in [-0.25, -0.2) is 4.39 Å². The zero-order chi connectivity index (χ0) is 26.7. The van der Waals surface area contributed by atoms with Crippen LogP contribution in [0.3, 0.4) is 0 Å². The molecule has 1 heterocycles. The third kappa shape index (κ3) is 6.19. The van der Waals surface area contributed by atoms with Gasteiger partial charge in [0.25, 0.3) is 11.1 Å². The Hall–Kier alpha value is -3.67. The van der Waals surface area contributed by atoms with Crippen molar-refractivity contribution in [2.24, 2.45) is 0 Å². The summed E-state index contributed by atoms with van der Waals surface area (Å²) >= 11 is 6.72. The van der Waals surface area contributed by atoms with Gasteiger partial charge in [0.05, 0.1) is 11.4 Å². The minimum Gasteiger partial charge on any atom is -0.379 e. The van der Waals surface area contributed by atoms with Crippen LogP contribution in [0, 0.1) is 5.82 Å². The van der Waals surface area contributed by atoms with Gasteiger partial charge in [-0.15, -0.1) is 0 Å². The van der Waals surface area contributed by atoms with Crippen LogP contribution in [0.5, 0.6) is 5.75 Å². The van der Waals surface area contributed by atoms with E-state index >= 15 is 0 Å². The number of carbonyl (C=O) groups is 3. The predicted molar refractivity (Wildman–Crippen MR) is 138 cm³/mol. The molecule has 0 atom stereocenters. The van der Waals surface area contributed by atoms with Crippen molar-refractivity contribution in [3.05, 3.63) is 93.6 Å². The fourth-order valence-electron chi connectivity index (χ4n) is 3.33. The molecule has 4 rings (SSSR count). The highest BCUT2D eigenvalue weighted by Crippen LogP contribution is 2.35. The number of nitrogens with one attached hydrogen (secondary N) is 1. The van der Waals surface area contributed by atoms with Gasteiger partial charge in [0.15, 0.2) is 0 Å². The van der Waals surface area contributed by atoms with Crippen molar-refractivity contribution in [3.8, 4) is 5.75 Å². The first-order chi connectivity index (χ1) is 17.5. The summed E-state index contributed by atoms with van der Waals surface area (Å²) in [6.07, 6.45) is 1.47. The van der Waals surface area contributed by atoms with Gasteiger partial charge >= 0.3 is 10.1 Å². The van der Waals surface area contributed by atoms with Crippen LogP contribution < -0.4 is 9.50 Å². The van der Waals surface area contributed by atoms with Gasteiger partial charge in [0.1, 0.15) is 16.5 Å². The summed E-state index contributed by atoms with van der Waals surface area (Å²) in [7, 11) is -4.13. The molecule has 12 heteroatoms. The van der Waals surface area contributed by atoms with E-state index in [1.807, 2.05) is 0 Å². The zero-order valence-corrected chi connectivity index (χ0v) is 21.5. The van der Waals surface area contributed by atoms with Gasteiger partial charge < -0.3 is 9.50 Å². The number of benzene rings is 3. The summed E-state index contributed by atoms with van der Waals surface area (Å²) in [4.78, 5) is 37.2. The van der Waals surface area contributed by atoms with Gasteiger partial charge in [-0.1, -0.05) is 29.8 Å². The first-order valence-electron chi connectivity index (χ1n) is 10.6. The van der Waals surface area contributed by atoms with Crippen LogP contribution in [0.2, 0.25) is 5.02 Å². The molecule has 3 amide bonds.